The van der Waals surface area contributed by atoms with Crippen molar-refractivity contribution in [3.63, 3.8) is 0 Å². The van der Waals surface area contributed by atoms with E-state index in [1.165, 1.54) is 66.1 Å². The van der Waals surface area contributed by atoms with Crippen LogP contribution >= 0.6 is 0 Å². The van der Waals surface area contributed by atoms with Crippen molar-refractivity contribution in [2.45, 2.75) is 53.6 Å². The zero-order valence-electron chi connectivity index (χ0n) is 25.7. The van der Waals surface area contributed by atoms with Gasteiger partial charge >= 0.3 is 41.9 Å². The average molecular weight is 687 g/mol. The van der Waals surface area contributed by atoms with Crippen molar-refractivity contribution in [3.05, 3.63) is 131 Å². The van der Waals surface area contributed by atoms with Gasteiger partial charge in [0, 0.05) is 0 Å². The maximum atomic E-state index is 2.35. The van der Waals surface area contributed by atoms with E-state index in [1.54, 1.807) is 23.3 Å². The second-order valence-electron chi connectivity index (χ2n) is 11.2. The summed E-state index contributed by atoms with van der Waals surface area (Å²) in [6, 6.07) is 39.5. The summed E-state index contributed by atoms with van der Waals surface area (Å²) in [5, 5.41) is 5.47. The van der Waals surface area contributed by atoms with Crippen molar-refractivity contribution in [1.29, 1.82) is 0 Å². The van der Waals surface area contributed by atoms with Gasteiger partial charge in [0.25, 0.3) is 0 Å². The van der Waals surface area contributed by atoms with Gasteiger partial charge in [-0.2, -0.15) is 12.1 Å². The number of hydrogen-bond donors (Lipinski definition) is 0. The summed E-state index contributed by atoms with van der Waals surface area (Å²) in [5.41, 5.74) is 11.0. The number of fused-ring (bicyclic) bond motifs is 2. The van der Waals surface area contributed by atoms with Crippen LogP contribution in [0.25, 0.3) is 43.8 Å². The van der Waals surface area contributed by atoms with E-state index < -0.39 is 0 Å². The molecule has 6 rings (SSSR count). The molecule has 0 atom stereocenters. The molecule has 0 aromatic heterocycles. The molecule has 42 heavy (non-hydrogen) atoms. The quantitative estimate of drug-likeness (QED) is 0.176. The maximum Gasteiger partial charge on any atom is -0.0250 e. The van der Waals surface area contributed by atoms with Crippen molar-refractivity contribution in [2.75, 3.05) is 0 Å². The van der Waals surface area contributed by atoms with Crippen LogP contribution in [0.2, 0.25) is 13.1 Å². The molecule has 0 bridgehead atoms. The molecule has 0 radical (unpaired) electrons. The van der Waals surface area contributed by atoms with E-state index in [4.69, 9.17) is 0 Å². The van der Waals surface area contributed by atoms with Gasteiger partial charge in [-0.05, 0) is 29.5 Å². The fraction of sp³-hybridized carbons (Fsp3) is 0.211. The number of benzene rings is 4. The average Bonchev–Trinajstić information content (AvgIpc) is 3.54. The molecule has 0 nitrogen and oxygen atoms in total. The van der Waals surface area contributed by atoms with Crippen molar-refractivity contribution in [3.8, 4) is 22.3 Å². The third kappa shape index (κ3) is 8.90. The van der Waals surface area contributed by atoms with E-state index in [2.05, 4.69) is 157 Å². The molecule has 0 heterocycles. The number of halogens is 2. The Morgan fingerprint density at radius 2 is 1.24 bits per heavy atom. The molecular formula is C38H40Cl2SiZr-2. The van der Waals surface area contributed by atoms with Crippen LogP contribution in [0.15, 0.2) is 109 Å². The standard InChI is InChI=1S/C19H19.C17H15.C2H6Si.2ClH.Zr/c1-13(2)16-11-15-8-6-10-18(19(15)12-16)17-9-5-4-7-14(17)3;1-12-10-16-13(2)8-9-15(17(16)11-12)14-6-4-3-5-7-14;1-3-2;;;/h4-13H,1-3H3;3-11H,1-2H3;1-2H3;2*1H;/q2*-1;;;;+2/p-2. The molecule has 4 heteroatoms. The van der Waals surface area contributed by atoms with Crippen molar-refractivity contribution >= 4 is 27.0 Å². The molecule has 0 saturated heterocycles. The molecule has 0 fully saturated rings. The Morgan fingerprint density at radius 1 is 0.619 bits per heavy atom. The topological polar surface area (TPSA) is 0 Å². The van der Waals surface area contributed by atoms with Gasteiger partial charge in [0.1, 0.15) is 0 Å². The monoisotopic (exact) mass is 684 g/mol. The first kappa shape index (κ1) is 36.0. The van der Waals surface area contributed by atoms with Gasteiger partial charge < -0.3 is 24.8 Å². The molecule has 0 unspecified atom stereocenters. The first-order valence-electron chi connectivity index (χ1n) is 14.1. The fourth-order valence-corrected chi connectivity index (χ4v) is 5.16. The smallest absolute Gasteiger partial charge is 0.0250 e. The summed E-state index contributed by atoms with van der Waals surface area (Å²) >= 11 is 1.74. The summed E-state index contributed by atoms with van der Waals surface area (Å²) in [6.45, 7) is 15.6. The van der Waals surface area contributed by atoms with Crippen LogP contribution in [0.4, 0.5) is 0 Å². The van der Waals surface area contributed by atoms with Gasteiger partial charge in [0.05, 0.1) is 0 Å². The summed E-state index contributed by atoms with van der Waals surface area (Å²) in [7, 11) is 0. The minimum Gasteiger partial charge on any atom is -1.00 e. The van der Waals surface area contributed by atoms with Crippen LogP contribution in [-0.4, -0.2) is 5.43 Å². The molecule has 216 valence electrons. The number of aryl methyl sites for hydroxylation is 3. The van der Waals surface area contributed by atoms with E-state index in [-0.39, 0.29) is 30.2 Å². The Kier molecular flexibility index (Phi) is 14.2. The van der Waals surface area contributed by atoms with E-state index in [0.717, 1.165) is 0 Å². The molecule has 6 aromatic rings. The first-order valence-corrected chi connectivity index (χ1v) is 20.3. The Bertz CT molecular complexity index is 1740. The summed E-state index contributed by atoms with van der Waals surface area (Å²) in [6.07, 6.45) is 0. The Hall–Kier alpha value is -2.22. The van der Waals surface area contributed by atoms with Crippen LogP contribution in [0.3, 0.4) is 0 Å². The minimum absolute atomic E-state index is 0. The molecule has 0 spiro atoms. The molecule has 0 N–H and O–H groups in total. The van der Waals surface area contributed by atoms with E-state index >= 15 is 0 Å². The first-order chi connectivity index (χ1) is 19.2. The molecule has 0 amide bonds. The van der Waals surface area contributed by atoms with Gasteiger partial charge in [0.15, 0.2) is 0 Å². The van der Waals surface area contributed by atoms with Crippen molar-refractivity contribution in [1.82, 2.24) is 0 Å². The third-order valence-corrected chi connectivity index (χ3v) is 7.21. The van der Waals surface area contributed by atoms with Gasteiger partial charge in [-0.25, -0.2) is 0 Å². The largest absolute Gasteiger partial charge is 1.00 e. The molecule has 0 saturated carbocycles. The van der Waals surface area contributed by atoms with E-state index in [1.807, 2.05) is 0 Å². The summed E-state index contributed by atoms with van der Waals surface area (Å²) in [4.78, 5) is 0. The predicted molar refractivity (Wildman–Crippen MR) is 176 cm³/mol. The van der Waals surface area contributed by atoms with Crippen molar-refractivity contribution < 1.29 is 48.1 Å². The third-order valence-electron chi connectivity index (χ3n) is 7.21. The molecule has 0 aliphatic heterocycles. The Morgan fingerprint density at radius 3 is 1.88 bits per heavy atom. The summed E-state index contributed by atoms with van der Waals surface area (Å²) < 4.78 is 0. The van der Waals surface area contributed by atoms with Crippen LogP contribution < -0.4 is 24.8 Å². The van der Waals surface area contributed by atoms with Gasteiger partial charge in [-0.15, -0.1) is 68.6 Å². The minimum atomic E-state index is 0. The Labute approximate surface area is 280 Å². The van der Waals surface area contributed by atoms with E-state index in [9.17, 15) is 0 Å². The zero-order valence-corrected chi connectivity index (χ0v) is 30.7. The van der Waals surface area contributed by atoms with Crippen molar-refractivity contribution in [2.24, 2.45) is 0 Å². The van der Waals surface area contributed by atoms with Gasteiger partial charge in [-0.1, -0.05) is 106 Å². The second kappa shape index (κ2) is 16.6. The molecule has 6 aromatic carbocycles. The maximum absolute atomic E-state index is 2.35. The SMILES string of the molecule is C[Si](C)=[Zr+2].Cc1cc2c(-c3ccccc3)ccc(C)c2[cH-]1.Cc1ccccc1-c1cccc2[cH-]c(C(C)C)cc12.[Cl-].[Cl-]. The second-order valence-corrected chi connectivity index (χ2v) is 20.6. The van der Waals surface area contributed by atoms with Gasteiger partial charge in [-0.3, -0.25) is 0 Å². The molecular weight excluding hydrogens is 647 g/mol. The predicted octanol–water partition coefficient (Wildman–Crippen LogP) is 5.29. The molecule has 0 aliphatic carbocycles. The van der Waals surface area contributed by atoms with Crippen LogP contribution in [0.1, 0.15) is 42.0 Å². The normalized spacial score (nSPS) is 10.2. The van der Waals surface area contributed by atoms with Crippen LogP contribution in [-0.2, 0) is 23.3 Å². The van der Waals surface area contributed by atoms with Crippen LogP contribution in [0, 0.1) is 20.8 Å². The number of rotatable bonds is 3. The van der Waals surface area contributed by atoms with Crippen LogP contribution in [0.5, 0.6) is 0 Å². The fourth-order valence-electron chi connectivity index (χ4n) is 5.16. The summed E-state index contributed by atoms with van der Waals surface area (Å²) in [5.74, 6) is 0.581. The van der Waals surface area contributed by atoms with Gasteiger partial charge in [0.2, 0.25) is 0 Å². The molecule has 0 aliphatic rings. The zero-order chi connectivity index (χ0) is 28.8. The van der Waals surface area contributed by atoms with E-state index in [0.29, 0.717) is 5.92 Å². The Balaban J connectivity index is 0.000000251. The number of hydrogen-bond acceptors (Lipinski definition) is 0.